The van der Waals surface area contributed by atoms with Gasteiger partial charge in [0.2, 0.25) is 11.8 Å². The van der Waals surface area contributed by atoms with E-state index in [0.717, 1.165) is 17.5 Å². The monoisotopic (exact) mass is 351 g/mol. The molecule has 1 fully saturated rings. The highest BCUT2D eigenvalue weighted by Gasteiger charge is 2.56. The van der Waals surface area contributed by atoms with Crippen LogP contribution in [0.4, 0.5) is 0 Å². The van der Waals surface area contributed by atoms with Crippen molar-refractivity contribution in [1.29, 1.82) is 0 Å². The van der Waals surface area contributed by atoms with Crippen molar-refractivity contribution in [2.45, 2.75) is 25.8 Å². The highest BCUT2D eigenvalue weighted by Crippen LogP contribution is 2.46. The zero-order valence-electron chi connectivity index (χ0n) is 14.4. The van der Waals surface area contributed by atoms with Crippen LogP contribution in [0.2, 0.25) is 0 Å². The topological polar surface area (TPSA) is 87.1 Å². The van der Waals surface area contributed by atoms with Crippen LogP contribution in [-0.4, -0.2) is 23.3 Å². The van der Waals surface area contributed by atoms with Gasteiger partial charge in [0.15, 0.2) is 0 Å². The van der Waals surface area contributed by atoms with Crippen LogP contribution in [0.25, 0.3) is 10.9 Å². The number of fused-ring (bicyclic) bond motifs is 1. The quantitative estimate of drug-likeness (QED) is 0.572. The van der Waals surface area contributed by atoms with Crippen LogP contribution in [0.1, 0.15) is 24.2 Å². The van der Waals surface area contributed by atoms with E-state index in [2.05, 4.69) is 21.7 Å². The molecule has 2 amide bonds. The van der Waals surface area contributed by atoms with Crippen LogP contribution in [0.5, 0.6) is 0 Å². The van der Waals surface area contributed by atoms with Gasteiger partial charge in [0.1, 0.15) is 11.2 Å². The summed E-state index contributed by atoms with van der Waals surface area (Å²) < 4.78 is 5.20. The molecule has 0 saturated heterocycles. The number of H-pyrrole nitrogens is 1. The zero-order chi connectivity index (χ0) is 18.0. The number of rotatable bonds is 7. The Bertz CT molecular complexity index is 923. The van der Waals surface area contributed by atoms with Gasteiger partial charge in [-0.3, -0.25) is 9.59 Å². The second-order valence-electron chi connectivity index (χ2n) is 6.71. The Morgan fingerprint density at radius 1 is 1.08 bits per heavy atom. The second kappa shape index (κ2) is 6.71. The van der Waals surface area contributed by atoms with Crippen molar-refractivity contribution >= 4 is 22.7 Å². The van der Waals surface area contributed by atoms with Gasteiger partial charge in [-0.15, -0.1) is 0 Å². The number of hydrogen-bond donors (Lipinski definition) is 3. The average molecular weight is 351 g/mol. The third-order valence-corrected chi connectivity index (χ3v) is 4.98. The van der Waals surface area contributed by atoms with Crippen molar-refractivity contribution in [1.82, 2.24) is 15.6 Å². The molecule has 3 aromatic rings. The maximum Gasteiger partial charge on any atom is 0.236 e. The number of nitrogens with one attached hydrogen (secondary N) is 3. The Hall–Kier alpha value is -3.02. The zero-order valence-corrected chi connectivity index (χ0v) is 14.4. The molecule has 2 heterocycles. The third kappa shape index (κ3) is 3.10. The molecule has 6 heteroatoms. The summed E-state index contributed by atoms with van der Waals surface area (Å²) in [4.78, 5) is 28.2. The summed E-state index contributed by atoms with van der Waals surface area (Å²) in [6, 6.07) is 11.6. The van der Waals surface area contributed by atoms with Gasteiger partial charge in [-0.2, -0.15) is 0 Å². The summed E-state index contributed by atoms with van der Waals surface area (Å²) in [6.45, 7) is 0.810. The molecular weight excluding hydrogens is 330 g/mol. The van der Waals surface area contributed by atoms with Crippen molar-refractivity contribution in [2.75, 3.05) is 6.54 Å². The lowest BCUT2D eigenvalue weighted by atomic mass is 10.0. The van der Waals surface area contributed by atoms with Gasteiger partial charge in [-0.1, -0.05) is 18.2 Å². The van der Waals surface area contributed by atoms with Crippen molar-refractivity contribution < 1.29 is 14.0 Å². The lowest BCUT2D eigenvalue weighted by Gasteiger charge is -2.15. The van der Waals surface area contributed by atoms with Gasteiger partial charge in [-0.05, 0) is 43.0 Å². The average Bonchev–Trinajstić information content (AvgIpc) is 3.12. The normalized spacial score (nSPS) is 14.9. The molecule has 1 aliphatic carbocycles. The summed E-state index contributed by atoms with van der Waals surface area (Å²) in [5, 5.41) is 6.89. The Balaban J connectivity index is 1.30. The van der Waals surface area contributed by atoms with Gasteiger partial charge in [-0.25, -0.2) is 0 Å². The van der Waals surface area contributed by atoms with E-state index >= 15 is 0 Å². The Morgan fingerprint density at radius 2 is 1.88 bits per heavy atom. The predicted octanol–water partition coefficient (Wildman–Crippen LogP) is 2.52. The van der Waals surface area contributed by atoms with Gasteiger partial charge in [0.05, 0.1) is 12.8 Å². The molecule has 0 spiro atoms. The van der Waals surface area contributed by atoms with Crippen molar-refractivity contribution in [2.24, 2.45) is 5.41 Å². The number of carbonyl (C=O) groups excluding carboxylic acids is 2. The third-order valence-electron chi connectivity index (χ3n) is 4.98. The molecule has 4 rings (SSSR count). The van der Waals surface area contributed by atoms with Crippen LogP contribution in [-0.2, 0) is 22.6 Å². The minimum atomic E-state index is -0.910. The number of para-hydroxylation sites is 1. The van der Waals surface area contributed by atoms with Crippen molar-refractivity contribution in [3.63, 3.8) is 0 Å². The van der Waals surface area contributed by atoms with Crippen LogP contribution >= 0.6 is 0 Å². The van der Waals surface area contributed by atoms with E-state index in [9.17, 15) is 9.59 Å². The minimum absolute atomic E-state index is 0.186. The van der Waals surface area contributed by atoms with E-state index in [-0.39, 0.29) is 11.8 Å². The molecule has 0 aliphatic heterocycles. The predicted molar refractivity (Wildman–Crippen MR) is 97.2 cm³/mol. The molecule has 0 unspecified atom stereocenters. The molecule has 26 heavy (non-hydrogen) atoms. The first-order valence-corrected chi connectivity index (χ1v) is 8.83. The lowest BCUT2D eigenvalue weighted by Crippen LogP contribution is -2.43. The molecule has 0 bridgehead atoms. The van der Waals surface area contributed by atoms with Crippen molar-refractivity contribution in [3.8, 4) is 0 Å². The summed E-state index contributed by atoms with van der Waals surface area (Å²) in [5.74, 6) is 0.265. The number of carbonyl (C=O) groups is 2. The molecule has 1 aliphatic rings. The second-order valence-corrected chi connectivity index (χ2v) is 6.71. The van der Waals surface area contributed by atoms with E-state index in [1.165, 1.54) is 5.39 Å². The van der Waals surface area contributed by atoms with Crippen LogP contribution in [0, 0.1) is 5.41 Å². The fourth-order valence-corrected chi connectivity index (χ4v) is 3.25. The maximum atomic E-state index is 12.5. The number of aromatic nitrogens is 1. The lowest BCUT2D eigenvalue weighted by molar-refractivity contribution is -0.137. The fraction of sp³-hybridized carbons (Fsp3) is 0.300. The molecule has 1 saturated carbocycles. The highest BCUT2D eigenvalue weighted by molar-refractivity contribution is 6.07. The van der Waals surface area contributed by atoms with E-state index in [0.29, 0.717) is 31.7 Å². The van der Waals surface area contributed by atoms with Crippen LogP contribution in [0.3, 0.4) is 0 Å². The van der Waals surface area contributed by atoms with Gasteiger partial charge < -0.3 is 20.0 Å². The Labute approximate surface area is 151 Å². The Kier molecular flexibility index (Phi) is 4.24. The molecule has 0 radical (unpaired) electrons. The van der Waals surface area contributed by atoms with Gasteiger partial charge in [0, 0.05) is 23.6 Å². The highest BCUT2D eigenvalue weighted by atomic mass is 16.3. The first-order chi connectivity index (χ1) is 12.7. The molecule has 134 valence electrons. The molecule has 6 nitrogen and oxygen atoms in total. The summed E-state index contributed by atoms with van der Waals surface area (Å²) in [6.07, 6.45) is 5.44. The fourth-order valence-electron chi connectivity index (χ4n) is 3.25. The van der Waals surface area contributed by atoms with Gasteiger partial charge in [0.25, 0.3) is 0 Å². The number of amides is 2. The maximum absolute atomic E-state index is 12.5. The largest absolute Gasteiger partial charge is 0.467 e. The molecule has 3 N–H and O–H groups in total. The van der Waals surface area contributed by atoms with E-state index in [1.54, 1.807) is 18.4 Å². The SMILES string of the molecule is O=C(NCCc1c[nH]c2ccccc12)C1(C(=O)NCc2ccco2)CC1. The first-order valence-electron chi connectivity index (χ1n) is 8.83. The van der Waals surface area contributed by atoms with Crippen LogP contribution < -0.4 is 10.6 Å². The molecule has 0 atom stereocenters. The number of furan rings is 1. The Morgan fingerprint density at radius 3 is 2.65 bits per heavy atom. The summed E-state index contributed by atoms with van der Waals surface area (Å²) in [5.41, 5.74) is 1.34. The van der Waals surface area contributed by atoms with E-state index < -0.39 is 5.41 Å². The van der Waals surface area contributed by atoms with E-state index in [1.807, 2.05) is 24.4 Å². The first kappa shape index (κ1) is 16.4. The van der Waals surface area contributed by atoms with Crippen molar-refractivity contribution in [3.05, 3.63) is 60.2 Å². The number of hydrogen-bond acceptors (Lipinski definition) is 3. The minimum Gasteiger partial charge on any atom is -0.467 e. The number of benzene rings is 1. The smallest absolute Gasteiger partial charge is 0.236 e. The van der Waals surface area contributed by atoms with E-state index in [4.69, 9.17) is 4.42 Å². The standard InChI is InChI=1S/C20H21N3O3/c24-18(20(8-9-20)19(25)23-13-15-4-3-11-26-15)21-10-7-14-12-22-17-6-2-1-5-16(14)17/h1-6,11-12,22H,7-10,13H2,(H,21,24)(H,23,25). The molecular formula is C20H21N3O3. The van der Waals surface area contributed by atoms with Gasteiger partial charge >= 0.3 is 0 Å². The number of aromatic amines is 1. The van der Waals surface area contributed by atoms with Crippen LogP contribution in [0.15, 0.2) is 53.3 Å². The molecule has 1 aromatic carbocycles. The summed E-state index contributed by atoms with van der Waals surface area (Å²) >= 11 is 0. The molecule has 2 aromatic heterocycles. The summed E-state index contributed by atoms with van der Waals surface area (Å²) in [7, 11) is 0.